The molecule has 0 radical (unpaired) electrons. The third-order valence-electron chi connectivity index (χ3n) is 3.56. The lowest BCUT2D eigenvalue weighted by Crippen LogP contribution is -2.38. The summed E-state index contributed by atoms with van der Waals surface area (Å²) in [5.41, 5.74) is 0.104. The highest BCUT2D eigenvalue weighted by atomic mass is 16.6. The smallest absolute Gasteiger partial charge is 0.311 e. The van der Waals surface area contributed by atoms with Crippen LogP contribution >= 0.6 is 0 Å². The molecule has 2 heterocycles. The Morgan fingerprint density at radius 3 is 2.89 bits per heavy atom. The number of piperidine rings is 1. The minimum absolute atomic E-state index is 0.104. The second kappa shape index (κ2) is 6.47. The van der Waals surface area contributed by atoms with Gasteiger partial charge in [-0.1, -0.05) is 6.92 Å². The van der Waals surface area contributed by atoms with Crippen LogP contribution in [0.25, 0.3) is 0 Å². The van der Waals surface area contributed by atoms with Crippen LogP contribution in [0.4, 0.5) is 11.5 Å². The van der Waals surface area contributed by atoms with Gasteiger partial charge in [0.2, 0.25) is 5.82 Å². The molecule has 104 valence electrons. The third kappa shape index (κ3) is 3.41. The van der Waals surface area contributed by atoms with Gasteiger partial charge in [0.1, 0.15) is 0 Å². The summed E-state index contributed by atoms with van der Waals surface area (Å²) < 4.78 is 0. The van der Waals surface area contributed by atoms with E-state index in [4.69, 9.17) is 0 Å². The predicted molar refractivity (Wildman–Crippen MR) is 74.4 cm³/mol. The summed E-state index contributed by atoms with van der Waals surface area (Å²) >= 11 is 0. The van der Waals surface area contributed by atoms with Gasteiger partial charge in [0.05, 0.1) is 4.92 Å². The molecule has 0 saturated carbocycles. The van der Waals surface area contributed by atoms with Crippen LogP contribution in [-0.4, -0.2) is 36.1 Å². The van der Waals surface area contributed by atoms with Gasteiger partial charge in [-0.15, -0.1) is 0 Å². The first-order valence-corrected chi connectivity index (χ1v) is 6.77. The highest BCUT2D eigenvalue weighted by Crippen LogP contribution is 2.28. The summed E-state index contributed by atoms with van der Waals surface area (Å²) in [6.07, 6.45) is 3.73. The predicted octanol–water partition coefficient (Wildman–Crippen LogP) is 1.82. The number of rotatable bonds is 5. The Morgan fingerprint density at radius 1 is 1.53 bits per heavy atom. The lowest BCUT2D eigenvalue weighted by atomic mass is 9.96. The Balaban J connectivity index is 2.00. The fourth-order valence-corrected chi connectivity index (χ4v) is 2.47. The molecule has 1 aliphatic rings. The van der Waals surface area contributed by atoms with Crippen molar-refractivity contribution in [1.29, 1.82) is 0 Å². The number of hydrogen-bond donors (Lipinski definition) is 1. The fraction of sp³-hybridized carbons (Fsp3) is 0.615. The van der Waals surface area contributed by atoms with Crippen LogP contribution in [0, 0.1) is 16.0 Å². The summed E-state index contributed by atoms with van der Waals surface area (Å²) in [6.45, 7) is 5.81. The van der Waals surface area contributed by atoms with Gasteiger partial charge >= 0.3 is 5.69 Å². The number of anilines is 1. The summed E-state index contributed by atoms with van der Waals surface area (Å²) in [4.78, 5) is 16.9. The first-order chi connectivity index (χ1) is 9.22. The van der Waals surface area contributed by atoms with E-state index in [0.29, 0.717) is 11.7 Å². The average molecular weight is 264 g/mol. The molecule has 0 unspecified atom stereocenters. The largest absolute Gasteiger partial charge is 0.351 e. The van der Waals surface area contributed by atoms with E-state index in [1.54, 1.807) is 12.3 Å². The van der Waals surface area contributed by atoms with Crippen molar-refractivity contribution < 1.29 is 4.92 Å². The van der Waals surface area contributed by atoms with E-state index in [1.807, 2.05) is 4.90 Å². The Kier molecular flexibility index (Phi) is 4.68. The number of hydrogen-bond acceptors (Lipinski definition) is 5. The molecule has 1 aromatic heterocycles. The minimum atomic E-state index is -0.354. The molecule has 1 N–H and O–H groups in total. The number of pyridine rings is 1. The van der Waals surface area contributed by atoms with Crippen LogP contribution in [0.5, 0.6) is 0 Å². The number of nitrogens with one attached hydrogen (secondary N) is 1. The van der Waals surface area contributed by atoms with Crippen molar-refractivity contribution in [3.05, 3.63) is 28.4 Å². The minimum Gasteiger partial charge on any atom is -0.351 e. The molecule has 0 atom stereocenters. The van der Waals surface area contributed by atoms with Crippen molar-refractivity contribution in [2.75, 3.05) is 31.1 Å². The molecular weight excluding hydrogens is 244 g/mol. The quantitative estimate of drug-likeness (QED) is 0.648. The van der Waals surface area contributed by atoms with Crippen LogP contribution in [0.2, 0.25) is 0 Å². The van der Waals surface area contributed by atoms with Crippen LogP contribution in [-0.2, 0) is 0 Å². The maximum Gasteiger partial charge on any atom is 0.311 e. The fourth-order valence-electron chi connectivity index (χ4n) is 2.47. The van der Waals surface area contributed by atoms with Crippen molar-refractivity contribution in [3.63, 3.8) is 0 Å². The second-order valence-electron chi connectivity index (χ2n) is 4.84. The Hall–Kier alpha value is -1.69. The zero-order chi connectivity index (χ0) is 13.7. The lowest BCUT2D eigenvalue weighted by molar-refractivity contribution is -0.384. The van der Waals surface area contributed by atoms with E-state index in [0.717, 1.165) is 39.0 Å². The highest BCUT2D eigenvalue weighted by Gasteiger charge is 2.25. The number of nitro groups is 1. The molecule has 0 amide bonds. The average Bonchev–Trinajstić information content (AvgIpc) is 2.45. The van der Waals surface area contributed by atoms with Crippen LogP contribution in [0.1, 0.15) is 19.8 Å². The summed E-state index contributed by atoms with van der Waals surface area (Å²) in [6, 6.07) is 3.13. The molecule has 1 aromatic rings. The molecule has 0 bridgehead atoms. The Bertz CT molecular complexity index is 430. The number of aromatic nitrogens is 1. The lowest BCUT2D eigenvalue weighted by Gasteiger charge is -2.32. The highest BCUT2D eigenvalue weighted by molar-refractivity contribution is 5.57. The summed E-state index contributed by atoms with van der Waals surface area (Å²) in [5.74, 6) is 1.17. The molecule has 1 saturated heterocycles. The first kappa shape index (κ1) is 13.7. The van der Waals surface area contributed by atoms with Gasteiger partial charge in [-0.25, -0.2) is 4.98 Å². The summed E-state index contributed by atoms with van der Waals surface area (Å²) in [5, 5.41) is 14.4. The van der Waals surface area contributed by atoms with Gasteiger partial charge < -0.3 is 10.2 Å². The molecule has 1 fully saturated rings. The van der Waals surface area contributed by atoms with Crippen molar-refractivity contribution >= 4 is 11.5 Å². The van der Waals surface area contributed by atoms with Gasteiger partial charge in [0.25, 0.3) is 0 Å². The Labute approximate surface area is 113 Å². The molecule has 0 aliphatic carbocycles. The van der Waals surface area contributed by atoms with Gasteiger partial charge in [-0.2, -0.15) is 0 Å². The van der Waals surface area contributed by atoms with Gasteiger partial charge in [0, 0.05) is 25.4 Å². The van der Waals surface area contributed by atoms with Crippen LogP contribution in [0.3, 0.4) is 0 Å². The maximum atomic E-state index is 11.0. The van der Waals surface area contributed by atoms with Crippen molar-refractivity contribution in [2.45, 2.75) is 19.8 Å². The topological polar surface area (TPSA) is 71.3 Å². The molecular formula is C13H20N4O2. The molecule has 2 rings (SSSR count). The normalized spacial score (nSPS) is 16.6. The molecule has 1 aliphatic heterocycles. The molecule has 0 spiro atoms. The zero-order valence-electron chi connectivity index (χ0n) is 11.2. The van der Waals surface area contributed by atoms with E-state index < -0.39 is 0 Å². The van der Waals surface area contributed by atoms with Crippen LogP contribution in [0.15, 0.2) is 18.3 Å². The maximum absolute atomic E-state index is 11.0. The van der Waals surface area contributed by atoms with E-state index >= 15 is 0 Å². The van der Waals surface area contributed by atoms with E-state index in [2.05, 4.69) is 17.2 Å². The van der Waals surface area contributed by atoms with Crippen molar-refractivity contribution in [2.24, 2.45) is 5.92 Å². The first-order valence-electron chi connectivity index (χ1n) is 6.77. The zero-order valence-corrected chi connectivity index (χ0v) is 11.2. The Morgan fingerprint density at radius 2 is 2.26 bits per heavy atom. The van der Waals surface area contributed by atoms with Crippen LogP contribution < -0.4 is 10.2 Å². The second-order valence-corrected chi connectivity index (χ2v) is 4.84. The van der Waals surface area contributed by atoms with Gasteiger partial charge in [0.15, 0.2) is 0 Å². The molecule has 6 nitrogen and oxygen atoms in total. The SMILES string of the molecule is CCNCC1CCN(c2ncccc2[N+](=O)[O-])CC1. The van der Waals surface area contributed by atoms with Crippen molar-refractivity contribution in [3.8, 4) is 0 Å². The monoisotopic (exact) mass is 264 g/mol. The van der Waals surface area contributed by atoms with Gasteiger partial charge in [-0.05, 0) is 37.9 Å². The molecule has 19 heavy (non-hydrogen) atoms. The van der Waals surface area contributed by atoms with Gasteiger partial charge in [-0.3, -0.25) is 10.1 Å². The summed E-state index contributed by atoms with van der Waals surface area (Å²) in [7, 11) is 0. The standard InChI is InChI=1S/C13H20N4O2/c1-2-14-10-11-5-8-16(9-6-11)13-12(17(18)19)4-3-7-15-13/h3-4,7,11,14H,2,5-6,8-10H2,1H3. The van der Waals surface area contributed by atoms with E-state index in [-0.39, 0.29) is 10.6 Å². The van der Waals surface area contributed by atoms with E-state index in [9.17, 15) is 10.1 Å². The molecule has 0 aromatic carbocycles. The third-order valence-corrected chi connectivity index (χ3v) is 3.56. The van der Waals surface area contributed by atoms with E-state index in [1.165, 1.54) is 6.07 Å². The molecule has 6 heteroatoms. The number of nitrogens with zero attached hydrogens (tertiary/aromatic N) is 3. The van der Waals surface area contributed by atoms with Crippen molar-refractivity contribution in [1.82, 2.24) is 10.3 Å².